The Kier molecular flexibility index (Phi) is 9.41. The summed E-state index contributed by atoms with van der Waals surface area (Å²) >= 11 is 0. The number of hydrogen-bond donors (Lipinski definition) is 2. The van der Waals surface area contributed by atoms with E-state index in [4.69, 9.17) is 9.47 Å². The lowest BCUT2D eigenvalue weighted by molar-refractivity contribution is -0.123. The Balaban J connectivity index is 1.39. The quantitative estimate of drug-likeness (QED) is 0.207. The van der Waals surface area contributed by atoms with Gasteiger partial charge in [0.05, 0.1) is 30.6 Å². The fourth-order valence-electron chi connectivity index (χ4n) is 6.33. The molecular formula is C36H42N2O6S. The van der Waals surface area contributed by atoms with Gasteiger partial charge in [-0.3, -0.25) is 4.79 Å². The Hall–Kier alpha value is -4.08. The van der Waals surface area contributed by atoms with Crippen LogP contribution in [-0.2, 0) is 39.6 Å². The number of carbonyl (C=O) groups is 1. The van der Waals surface area contributed by atoms with Gasteiger partial charge >= 0.3 is 0 Å². The highest BCUT2D eigenvalue weighted by Gasteiger charge is 2.35. The van der Waals surface area contributed by atoms with Gasteiger partial charge in [0.15, 0.2) is 0 Å². The van der Waals surface area contributed by atoms with Crippen LogP contribution in [0.1, 0.15) is 54.2 Å². The van der Waals surface area contributed by atoms with Crippen LogP contribution in [0, 0.1) is 18.8 Å². The largest absolute Gasteiger partial charge is 0.496 e. The molecule has 1 aliphatic rings. The van der Waals surface area contributed by atoms with E-state index in [1.54, 1.807) is 46.3 Å². The van der Waals surface area contributed by atoms with Crippen LogP contribution < -0.4 is 14.2 Å². The summed E-state index contributed by atoms with van der Waals surface area (Å²) in [6, 6.07) is 21.9. The summed E-state index contributed by atoms with van der Waals surface area (Å²) in [5, 5.41) is 11.9. The van der Waals surface area contributed by atoms with Crippen molar-refractivity contribution in [1.82, 2.24) is 9.29 Å². The Morgan fingerprint density at radius 3 is 2.13 bits per heavy atom. The van der Waals surface area contributed by atoms with Crippen molar-refractivity contribution in [3.8, 4) is 11.5 Å². The zero-order chi connectivity index (χ0) is 32.4. The highest BCUT2D eigenvalue weighted by Crippen LogP contribution is 2.39. The lowest BCUT2D eigenvalue weighted by Gasteiger charge is -2.28. The predicted octanol–water partition coefficient (Wildman–Crippen LogP) is 5.75. The van der Waals surface area contributed by atoms with Crippen LogP contribution in [0.2, 0.25) is 0 Å². The number of amides is 1. The zero-order valence-corrected chi connectivity index (χ0v) is 27.3. The standard InChI is InChI=1S/C36H42N2O6S/c1-24-32(43-4)20-28(21-33(24)44-5)34(39)29(19-25-17-26-11-9-10-12-27(26)18-25)22-38-16-15-30(23-38)36(2,3)35(40)37-45(41,42)31-13-7-6-8-14-31/h6-16,20-21,23,25,29,34,39H,17-19,22H2,1-5H3,(H,37,40)/t29-,34-/m1/s1. The molecule has 0 radical (unpaired) electrons. The van der Waals surface area contributed by atoms with Crippen LogP contribution in [-0.4, -0.2) is 38.2 Å². The van der Waals surface area contributed by atoms with Crippen molar-refractivity contribution in [3.63, 3.8) is 0 Å². The second-order valence-corrected chi connectivity index (χ2v) is 14.2. The highest BCUT2D eigenvalue weighted by molar-refractivity contribution is 7.90. The molecule has 0 aliphatic heterocycles. The van der Waals surface area contributed by atoms with Gasteiger partial charge in [-0.05, 0) is 98.5 Å². The molecule has 1 aliphatic carbocycles. The number of methoxy groups -OCH3 is 2. The first-order valence-electron chi connectivity index (χ1n) is 15.2. The Labute approximate surface area is 266 Å². The number of fused-ring (bicyclic) bond motifs is 1. The number of aliphatic hydroxyl groups is 1. The molecule has 0 saturated carbocycles. The van der Waals surface area contributed by atoms with Gasteiger partial charge in [-0.25, -0.2) is 13.1 Å². The van der Waals surface area contributed by atoms with Gasteiger partial charge in [-0.1, -0.05) is 42.5 Å². The molecule has 8 nitrogen and oxygen atoms in total. The third-order valence-electron chi connectivity index (χ3n) is 9.10. The second-order valence-electron chi connectivity index (χ2n) is 12.5. The zero-order valence-electron chi connectivity index (χ0n) is 26.5. The first kappa shape index (κ1) is 32.3. The summed E-state index contributed by atoms with van der Waals surface area (Å²) < 4.78 is 41.1. The van der Waals surface area contributed by atoms with Gasteiger partial charge in [0.2, 0.25) is 5.91 Å². The van der Waals surface area contributed by atoms with Crippen molar-refractivity contribution in [2.24, 2.45) is 11.8 Å². The monoisotopic (exact) mass is 630 g/mol. The molecule has 2 atom stereocenters. The van der Waals surface area contributed by atoms with E-state index in [1.165, 1.54) is 23.3 Å². The molecule has 2 N–H and O–H groups in total. The molecule has 3 aromatic carbocycles. The molecule has 45 heavy (non-hydrogen) atoms. The number of hydrogen-bond acceptors (Lipinski definition) is 6. The van der Waals surface area contributed by atoms with Crippen molar-refractivity contribution in [2.75, 3.05) is 14.2 Å². The lowest BCUT2D eigenvalue weighted by Crippen LogP contribution is -2.42. The molecule has 0 saturated heterocycles. The van der Waals surface area contributed by atoms with Crippen molar-refractivity contribution < 1.29 is 27.8 Å². The third kappa shape index (κ3) is 6.94. The number of aromatic nitrogens is 1. The van der Waals surface area contributed by atoms with Gasteiger partial charge in [0.25, 0.3) is 10.0 Å². The summed E-state index contributed by atoms with van der Waals surface area (Å²) in [5.41, 5.74) is 3.83. The third-order valence-corrected chi connectivity index (χ3v) is 10.4. The fraction of sp³-hybridized carbons (Fsp3) is 0.361. The molecule has 1 aromatic heterocycles. The van der Waals surface area contributed by atoms with Gasteiger partial charge < -0.3 is 19.1 Å². The van der Waals surface area contributed by atoms with E-state index in [-0.39, 0.29) is 10.8 Å². The molecule has 238 valence electrons. The minimum Gasteiger partial charge on any atom is -0.496 e. The number of sulfonamides is 1. The number of benzene rings is 3. The maximum atomic E-state index is 13.3. The molecule has 0 spiro atoms. The van der Waals surface area contributed by atoms with Gasteiger partial charge in [0, 0.05) is 30.4 Å². The minimum atomic E-state index is -4.02. The number of ether oxygens (including phenoxy) is 2. The molecule has 0 fully saturated rings. The topological polar surface area (TPSA) is 107 Å². The van der Waals surface area contributed by atoms with E-state index >= 15 is 0 Å². The van der Waals surface area contributed by atoms with Gasteiger partial charge in [-0.2, -0.15) is 0 Å². The van der Waals surface area contributed by atoms with Crippen molar-refractivity contribution in [3.05, 3.63) is 113 Å². The van der Waals surface area contributed by atoms with Crippen molar-refractivity contribution in [2.45, 2.75) is 63.0 Å². The summed E-state index contributed by atoms with van der Waals surface area (Å²) in [5.74, 6) is 0.880. The molecule has 1 heterocycles. The summed E-state index contributed by atoms with van der Waals surface area (Å²) in [6.45, 7) is 5.82. The maximum absolute atomic E-state index is 13.3. The summed E-state index contributed by atoms with van der Waals surface area (Å²) in [6.07, 6.45) is 5.64. The summed E-state index contributed by atoms with van der Waals surface area (Å²) in [4.78, 5) is 13.3. The number of carbonyl (C=O) groups excluding carboxylic acids is 1. The number of aliphatic hydroxyl groups excluding tert-OH is 1. The average Bonchev–Trinajstić information content (AvgIpc) is 3.68. The van der Waals surface area contributed by atoms with E-state index in [0.29, 0.717) is 35.1 Å². The number of rotatable bonds is 12. The molecular weight excluding hydrogens is 588 g/mol. The van der Waals surface area contributed by atoms with Crippen LogP contribution in [0.25, 0.3) is 0 Å². The first-order valence-corrected chi connectivity index (χ1v) is 16.7. The number of nitrogens with zero attached hydrogens (tertiary/aromatic N) is 1. The first-order chi connectivity index (χ1) is 21.4. The molecule has 1 amide bonds. The normalized spacial score (nSPS) is 14.9. The lowest BCUT2D eigenvalue weighted by atomic mass is 9.85. The van der Waals surface area contributed by atoms with Crippen LogP contribution in [0.3, 0.4) is 0 Å². The van der Waals surface area contributed by atoms with Gasteiger partial charge in [-0.15, -0.1) is 0 Å². The second kappa shape index (κ2) is 13.1. The Bertz CT molecular complexity index is 1710. The highest BCUT2D eigenvalue weighted by atomic mass is 32.2. The Morgan fingerprint density at radius 2 is 1.56 bits per heavy atom. The fourth-order valence-corrected chi connectivity index (χ4v) is 7.46. The van der Waals surface area contributed by atoms with E-state index in [0.717, 1.165) is 24.8 Å². The predicted molar refractivity (Wildman–Crippen MR) is 174 cm³/mol. The Morgan fingerprint density at radius 1 is 0.978 bits per heavy atom. The van der Waals surface area contributed by atoms with Crippen LogP contribution in [0.15, 0.2) is 90.1 Å². The van der Waals surface area contributed by atoms with E-state index in [1.807, 2.05) is 42.1 Å². The molecule has 0 unspecified atom stereocenters. The van der Waals surface area contributed by atoms with E-state index in [2.05, 4.69) is 29.0 Å². The van der Waals surface area contributed by atoms with E-state index in [9.17, 15) is 18.3 Å². The van der Waals surface area contributed by atoms with Crippen molar-refractivity contribution in [1.29, 1.82) is 0 Å². The number of nitrogens with one attached hydrogen (secondary N) is 1. The van der Waals surface area contributed by atoms with Gasteiger partial charge in [0.1, 0.15) is 11.5 Å². The average molecular weight is 631 g/mol. The minimum absolute atomic E-state index is 0.0296. The molecule has 4 aromatic rings. The van der Waals surface area contributed by atoms with Crippen molar-refractivity contribution >= 4 is 15.9 Å². The molecule has 5 rings (SSSR count). The van der Waals surface area contributed by atoms with Crippen LogP contribution in [0.4, 0.5) is 0 Å². The summed E-state index contributed by atoms with van der Waals surface area (Å²) in [7, 11) is -0.802. The SMILES string of the molecule is COc1cc([C@@H](O)[C@H](CC2Cc3ccccc3C2)Cn2ccc(C(C)(C)C(=O)NS(=O)(=O)c3ccccc3)c2)cc(OC)c1C. The smallest absolute Gasteiger partial charge is 0.264 e. The van der Waals surface area contributed by atoms with Crippen LogP contribution >= 0.6 is 0 Å². The molecule has 0 bridgehead atoms. The molecule has 9 heteroatoms. The van der Waals surface area contributed by atoms with E-state index < -0.39 is 27.4 Å². The maximum Gasteiger partial charge on any atom is 0.264 e. The van der Waals surface area contributed by atoms with Crippen LogP contribution in [0.5, 0.6) is 11.5 Å².